The summed E-state index contributed by atoms with van der Waals surface area (Å²) in [6, 6.07) is 1.83. The van der Waals surface area contributed by atoms with Gasteiger partial charge in [-0.3, -0.25) is 4.79 Å². The molecule has 0 saturated heterocycles. The maximum atomic E-state index is 12.8. The number of carbonyl (C=O) groups excluding carboxylic acids is 1. The Balaban J connectivity index is 1.92. The van der Waals surface area contributed by atoms with Crippen LogP contribution < -0.4 is 5.32 Å². The summed E-state index contributed by atoms with van der Waals surface area (Å²) in [7, 11) is 1.75. The molecule has 0 saturated carbocycles. The molecule has 0 aliphatic rings. The van der Waals surface area contributed by atoms with E-state index in [0.29, 0.717) is 17.2 Å². The highest BCUT2D eigenvalue weighted by molar-refractivity contribution is 7.20. The molecule has 1 N–H and O–H groups in total. The van der Waals surface area contributed by atoms with Crippen LogP contribution in [0.2, 0.25) is 0 Å². The standard InChI is InChI=1S/C16H19N5O2S/c1-5-17-14-12-10(3)13(24-15(12)19-8-18-14)16(22)21(4)7-11-6-9(2)20-23-11/h6,8H,5,7H2,1-4H3,(H,17,18,19). The fraction of sp³-hybridized carbons (Fsp3) is 0.375. The lowest BCUT2D eigenvalue weighted by Crippen LogP contribution is -2.25. The summed E-state index contributed by atoms with van der Waals surface area (Å²) < 4.78 is 5.19. The lowest BCUT2D eigenvalue weighted by Gasteiger charge is -2.14. The van der Waals surface area contributed by atoms with Crippen LogP contribution in [0, 0.1) is 13.8 Å². The van der Waals surface area contributed by atoms with Crippen LogP contribution in [0.3, 0.4) is 0 Å². The van der Waals surface area contributed by atoms with E-state index in [1.807, 2.05) is 26.8 Å². The van der Waals surface area contributed by atoms with Gasteiger partial charge in [0.2, 0.25) is 0 Å². The van der Waals surface area contributed by atoms with Crippen molar-refractivity contribution in [2.45, 2.75) is 27.3 Å². The van der Waals surface area contributed by atoms with Gasteiger partial charge in [0.25, 0.3) is 5.91 Å². The Hall–Kier alpha value is -2.48. The number of nitrogens with one attached hydrogen (secondary N) is 1. The Bertz CT molecular complexity index is 886. The highest BCUT2D eigenvalue weighted by atomic mass is 32.1. The first kappa shape index (κ1) is 16.4. The number of rotatable bonds is 5. The van der Waals surface area contributed by atoms with Crippen LogP contribution >= 0.6 is 11.3 Å². The van der Waals surface area contributed by atoms with Gasteiger partial charge in [0.15, 0.2) is 5.76 Å². The number of aromatic nitrogens is 3. The predicted octanol–water partition coefficient (Wildman–Crippen LogP) is 3.00. The molecule has 0 unspecified atom stereocenters. The molecule has 0 bridgehead atoms. The molecule has 0 atom stereocenters. The second kappa shape index (κ2) is 6.56. The Morgan fingerprint density at radius 3 is 2.83 bits per heavy atom. The predicted molar refractivity (Wildman–Crippen MR) is 93.4 cm³/mol. The van der Waals surface area contributed by atoms with Gasteiger partial charge in [0.1, 0.15) is 17.0 Å². The highest BCUT2D eigenvalue weighted by Crippen LogP contribution is 2.33. The van der Waals surface area contributed by atoms with Crippen molar-refractivity contribution in [3.05, 3.63) is 34.3 Å². The van der Waals surface area contributed by atoms with Gasteiger partial charge in [-0.2, -0.15) is 0 Å². The summed E-state index contributed by atoms with van der Waals surface area (Å²) in [4.78, 5) is 24.5. The Kier molecular flexibility index (Phi) is 4.48. The molecule has 3 aromatic rings. The average molecular weight is 345 g/mol. The summed E-state index contributed by atoms with van der Waals surface area (Å²) in [5, 5.41) is 7.99. The van der Waals surface area contributed by atoms with Gasteiger partial charge >= 0.3 is 0 Å². The van der Waals surface area contributed by atoms with E-state index in [9.17, 15) is 4.79 Å². The second-order valence-corrected chi connectivity index (χ2v) is 6.58. The third kappa shape index (κ3) is 2.96. The van der Waals surface area contributed by atoms with Crippen molar-refractivity contribution in [3.63, 3.8) is 0 Å². The Morgan fingerprint density at radius 1 is 1.38 bits per heavy atom. The number of nitrogens with zero attached hydrogens (tertiary/aromatic N) is 4. The van der Waals surface area contributed by atoms with E-state index in [1.54, 1.807) is 11.9 Å². The zero-order valence-electron chi connectivity index (χ0n) is 14.1. The first-order chi connectivity index (χ1) is 11.5. The smallest absolute Gasteiger partial charge is 0.264 e. The minimum Gasteiger partial charge on any atom is -0.370 e. The quantitative estimate of drug-likeness (QED) is 0.765. The number of thiophene rings is 1. The number of hydrogen-bond acceptors (Lipinski definition) is 7. The molecule has 0 aliphatic heterocycles. The van der Waals surface area contributed by atoms with E-state index in [1.165, 1.54) is 17.7 Å². The van der Waals surface area contributed by atoms with Gasteiger partial charge in [-0.1, -0.05) is 5.16 Å². The number of fused-ring (bicyclic) bond motifs is 1. The number of aryl methyl sites for hydroxylation is 2. The topological polar surface area (TPSA) is 84.2 Å². The molecule has 24 heavy (non-hydrogen) atoms. The largest absolute Gasteiger partial charge is 0.370 e. The molecular weight excluding hydrogens is 326 g/mol. The minimum atomic E-state index is -0.0630. The molecule has 0 spiro atoms. The van der Waals surface area contributed by atoms with E-state index < -0.39 is 0 Å². The third-order valence-electron chi connectivity index (χ3n) is 3.68. The van der Waals surface area contributed by atoms with Crippen LogP contribution in [-0.4, -0.2) is 39.5 Å². The lowest BCUT2D eigenvalue weighted by atomic mass is 10.2. The van der Waals surface area contributed by atoms with Crippen molar-refractivity contribution < 1.29 is 9.32 Å². The van der Waals surface area contributed by atoms with E-state index >= 15 is 0 Å². The molecular formula is C16H19N5O2S. The third-order valence-corrected chi connectivity index (χ3v) is 4.87. The van der Waals surface area contributed by atoms with Crippen molar-refractivity contribution in [2.75, 3.05) is 18.9 Å². The summed E-state index contributed by atoms with van der Waals surface area (Å²) in [5.41, 5.74) is 1.70. The number of anilines is 1. The van der Waals surface area contributed by atoms with E-state index in [-0.39, 0.29) is 5.91 Å². The zero-order chi connectivity index (χ0) is 17.3. The van der Waals surface area contributed by atoms with Crippen LogP contribution in [-0.2, 0) is 6.54 Å². The normalized spacial score (nSPS) is 11.0. The molecule has 3 rings (SSSR count). The van der Waals surface area contributed by atoms with E-state index in [0.717, 1.165) is 33.8 Å². The minimum absolute atomic E-state index is 0.0630. The maximum absolute atomic E-state index is 12.8. The van der Waals surface area contributed by atoms with Crippen LogP contribution in [0.15, 0.2) is 16.9 Å². The van der Waals surface area contributed by atoms with Crippen LogP contribution in [0.5, 0.6) is 0 Å². The summed E-state index contributed by atoms with van der Waals surface area (Å²) in [6.45, 7) is 6.93. The SMILES string of the molecule is CCNc1ncnc2sc(C(=O)N(C)Cc3cc(C)no3)c(C)c12. The van der Waals surface area contributed by atoms with Crippen molar-refractivity contribution >= 4 is 33.3 Å². The van der Waals surface area contributed by atoms with E-state index in [4.69, 9.17) is 4.52 Å². The highest BCUT2D eigenvalue weighted by Gasteiger charge is 2.22. The van der Waals surface area contributed by atoms with Gasteiger partial charge in [-0.15, -0.1) is 11.3 Å². The summed E-state index contributed by atoms with van der Waals surface area (Å²) in [5.74, 6) is 1.37. The van der Waals surface area contributed by atoms with Crippen LogP contribution in [0.25, 0.3) is 10.2 Å². The van der Waals surface area contributed by atoms with Crippen LogP contribution in [0.1, 0.15) is 33.6 Å². The molecule has 3 heterocycles. The lowest BCUT2D eigenvalue weighted by molar-refractivity contribution is 0.0776. The molecule has 0 aliphatic carbocycles. The molecule has 0 fully saturated rings. The van der Waals surface area contributed by atoms with E-state index in [2.05, 4.69) is 20.4 Å². The van der Waals surface area contributed by atoms with Crippen molar-refractivity contribution in [1.29, 1.82) is 0 Å². The molecule has 1 amide bonds. The fourth-order valence-electron chi connectivity index (χ4n) is 2.55. The van der Waals surface area contributed by atoms with Crippen molar-refractivity contribution in [1.82, 2.24) is 20.0 Å². The first-order valence-electron chi connectivity index (χ1n) is 7.66. The summed E-state index contributed by atoms with van der Waals surface area (Å²) in [6.07, 6.45) is 1.52. The monoisotopic (exact) mass is 345 g/mol. The van der Waals surface area contributed by atoms with Gasteiger partial charge in [-0.05, 0) is 26.3 Å². The van der Waals surface area contributed by atoms with Crippen molar-refractivity contribution in [2.24, 2.45) is 0 Å². The number of hydrogen-bond donors (Lipinski definition) is 1. The molecule has 126 valence electrons. The Morgan fingerprint density at radius 2 is 2.17 bits per heavy atom. The van der Waals surface area contributed by atoms with Gasteiger partial charge in [-0.25, -0.2) is 9.97 Å². The Labute approximate surface area is 143 Å². The molecule has 3 aromatic heterocycles. The fourth-order valence-corrected chi connectivity index (χ4v) is 3.69. The van der Waals surface area contributed by atoms with Crippen molar-refractivity contribution in [3.8, 4) is 0 Å². The molecule has 8 heteroatoms. The molecule has 0 radical (unpaired) electrons. The zero-order valence-corrected chi connectivity index (χ0v) is 14.9. The summed E-state index contributed by atoms with van der Waals surface area (Å²) >= 11 is 1.39. The number of carbonyl (C=O) groups is 1. The number of amides is 1. The first-order valence-corrected chi connectivity index (χ1v) is 8.48. The van der Waals surface area contributed by atoms with Gasteiger partial charge < -0.3 is 14.7 Å². The van der Waals surface area contributed by atoms with Crippen LogP contribution in [0.4, 0.5) is 5.82 Å². The molecule has 7 nitrogen and oxygen atoms in total. The average Bonchev–Trinajstić information content (AvgIpc) is 3.11. The molecule has 0 aromatic carbocycles. The van der Waals surface area contributed by atoms with Gasteiger partial charge in [0, 0.05) is 19.7 Å². The second-order valence-electron chi connectivity index (χ2n) is 5.58. The van der Waals surface area contributed by atoms with Gasteiger partial charge in [0.05, 0.1) is 22.5 Å². The maximum Gasteiger partial charge on any atom is 0.264 e.